The van der Waals surface area contributed by atoms with Crippen LogP contribution < -0.4 is 0 Å². The third-order valence-corrected chi connectivity index (χ3v) is 4.34. The largest absolute Gasteiger partial charge is 0.296 e. The van der Waals surface area contributed by atoms with Gasteiger partial charge in [0.2, 0.25) is 0 Å². The van der Waals surface area contributed by atoms with Crippen molar-refractivity contribution in [2.75, 3.05) is 0 Å². The van der Waals surface area contributed by atoms with Gasteiger partial charge in [0.15, 0.2) is 5.82 Å². The van der Waals surface area contributed by atoms with E-state index in [2.05, 4.69) is 10.2 Å². The van der Waals surface area contributed by atoms with Crippen molar-refractivity contribution < 1.29 is 12.8 Å². The van der Waals surface area contributed by atoms with Gasteiger partial charge in [-0.25, -0.2) is 12.8 Å². The molecule has 1 fully saturated rings. The maximum Gasteiger partial charge on any atom is 0.296 e. The Labute approximate surface area is 119 Å². The molecule has 1 aromatic carbocycles. The standard InChI is InChI=1S/C12H11ClFN3O2S/c1-7-6-8(2-5-10(7)14)11-15-16-12(20(13,18)19)17(11)9-3-4-9/h2,5-6,9H,3-4H2,1H3. The molecule has 1 saturated carbocycles. The van der Waals surface area contributed by atoms with Crippen LogP contribution in [0.15, 0.2) is 23.4 Å². The third kappa shape index (κ3) is 2.31. The molecule has 5 nitrogen and oxygen atoms in total. The second-order valence-corrected chi connectivity index (χ2v) is 7.27. The Morgan fingerprint density at radius 2 is 2.05 bits per heavy atom. The number of benzene rings is 1. The van der Waals surface area contributed by atoms with Crippen LogP contribution in [0.25, 0.3) is 11.4 Å². The molecule has 0 aliphatic heterocycles. The summed E-state index contributed by atoms with van der Waals surface area (Å²) in [6.45, 7) is 1.63. The molecule has 0 saturated heterocycles. The van der Waals surface area contributed by atoms with Crippen molar-refractivity contribution in [2.45, 2.75) is 31.0 Å². The van der Waals surface area contributed by atoms with E-state index in [-0.39, 0.29) is 17.0 Å². The predicted molar refractivity (Wildman–Crippen MR) is 71.5 cm³/mol. The topological polar surface area (TPSA) is 64.8 Å². The molecule has 1 aliphatic carbocycles. The van der Waals surface area contributed by atoms with Gasteiger partial charge in [0.25, 0.3) is 14.2 Å². The first-order chi connectivity index (χ1) is 9.38. The Kier molecular flexibility index (Phi) is 3.06. The fourth-order valence-electron chi connectivity index (χ4n) is 2.09. The first-order valence-corrected chi connectivity index (χ1v) is 8.35. The molecule has 3 rings (SSSR count). The van der Waals surface area contributed by atoms with Crippen LogP contribution in [-0.4, -0.2) is 23.2 Å². The van der Waals surface area contributed by atoms with E-state index in [1.807, 2.05) is 0 Å². The molecule has 0 unspecified atom stereocenters. The van der Waals surface area contributed by atoms with Gasteiger partial charge in [-0.2, -0.15) is 0 Å². The first-order valence-electron chi connectivity index (χ1n) is 6.04. The third-order valence-electron chi connectivity index (χ3n) is 3.21. The highest BCUT2D eigenvalue weighted by molar-refractivity contribution is 8.13. The predicted octanol–water partition coefficient (Wildman–Crippen LogP) is 2.66. The van der Waals surface area contributed by atoms with Crippen molar-refractivity contribution in [3.05, 3.63) is 29.6 Å². The molecule has 1 heterocycles. The SMILES string of the molecule is Cc1cc(-c2nnc(S(=O)(=O)Cl)n2C2CC2)ccc1F. The molecule has 0 N–H and O–H groups in total. The molecule has 20 heavy (non-hydrogen) atoms. The van der Waals surface area contributed by atoms with Gasteiger partial charge in [-0.05, 0) is 43.5 Å². The Morgan fingerprint density at radius 1 is 1.35 bits per heavy atom. The second kappa shape index (κ2) is 4.53. The van der Waals surface area contributed by atoms with E-state index in [1.165, 1.54) is 10.6 Å². The minimum atomic E-state index is -3.96. The van der Waals surface area contributed by atoms with Gasteiger partial charge in [-0.1, -0.05) is 0 Å². The molecule has 8 heteroatoms. The normalized spacial score (nSPS) is 15.6. The Morgan fingerprint density at radius 3 is 2.60 bits per heavy atom. The molecular formula is C12H11ClFN3O2S. The molecule has 1 aliphatic rings. The monoisotopic (exact) mass is 315 g/mol. The number of aryl methyl sites for hydroxylation is 1. The maximum atomic E-state index is 13.3. The Balaban J connectivity index is 2.19. The highest BCUT2D eigenvalue weighted by Gasteiger charge is 2.34. The van der Waals surface area contributed by atoms with Gasteiger partial charge < -0.3 is 0 Å². The van der Waals surface area contributed by atoms with Crippen LogP contribution in [0.4, 0.5) is 4.39 Å². The van der Waals surface area contributed by atoms with Crippen LogP contribution in [0.3, 0.4) is 0 Å². The van der Waals surface area contributed by atoms with E-state index in [1.54, 1.807) is 19.1 Å². The van der Waals surface area contributed by atoms with Crippen molar-refractivity contribution in [2.24, 2.45) is 0 Å². The average Bonchev–Trinajstić information content (AvgIpc) is 3.10. The number of halogens is 2. The Bertz CT molecular complexity index is 784. The van der Waals surface area contributed by atoms with Crippen molar-refractivity contribution in [1.82, 2.24) is 14.8 Å². The summed E-state index contributed by atoms with van der Waals surface area (Å²) in [6.07, 6.45) is 1.70. The molecule has 2 aromatic rings. The lowest BCUT2D eigenvalue weighted by atomic mass is 10.1. The fraction of sp³-hybridized carbons (Fsp3) is 0.333. The van der Waals surface area contributed by atoms with Crippen LogP contribution in [0.2, 0.25) is 0 Å². The summed E-state index contributed by atoms with van der Waals surface area (Å²) in [4.78, 5) is 0. The summed E-state index contributed by atoms with van der Waals surface area (Å²) in [5, 5.41) is 7.34. The zero-order chi connectivity index (χ0) is 14.5. The van der Waals surface area contributed by atoms with E-state index in [9.17, 15) is 12.8 Å². The van der Waals surface area contributed by atoms with Gasteiger partial charge in [0, 0.05) is 22.3 Å². The van der Waals surface area contributed by atoms with Crippen LogP contribution in [0.5, 0.6) is 0 Å². The summed E-state index contributed by atoms with van der Waals surface area (Å²) >= 11 is 0. The van der Waals surface area contributed by atoms with E-state index >= 15 is 0 Å². The second-order valence-electron chi connectivity index (χ2n) is 4.81. The smallest absolute Gasteiger partial charge is 0.294 e. The minimum Gasteiger partial charge on any atom is -0.294 e. The molecule has 0 atom stereocenters. The van der Waals surface area contributed by atoms with Crippen molar-refractivity contribution in [3.8, 4) is 11.4 Å². The van der Waals surface area contributed by atoms with E-state index < -0.39 is 9.05 Å². The molecule has 1 aromatic heterocycles. The molecular weight excluding hydrogens is 305 g/mol. The van der Waals surface area contributed by atoms with E-state index in [0.717, 1.165) is 12.8 Å². The summed E-state index contributed by atoms with van der Waals surface area (Å²) in [5.41, 5.74) is 1.08. The zero-order valence-electron chi connectivity index (χ0n) is 10.5. The Hall–Kier alpha value is -1.47. The maximum absolute atomic E-state index is 13.3. The highest BCUT2D eigenvalue weighted by Crippen LogP contribution is 2.40. The van der Waals surface area contributed by atoms with Gasteiger partial charge >= 0.3 is 0 Å². The molecule has 0 amide bonds. The van der Waals surface area contributed by atoms with Crippen molar-refractivity contribution >= 4 is 19.7 Å². The lowest BCUT2D eigenvalue weighted by Gasteiger charge is -2.08. The van der Waals surface area contributed by atoms with Crippen LogP contribution >= 0.6 is 10.7 Å². The summed E-state index contributed by atoms with van der Waals surface area (Å²) < 4.78 is 37.9. The van der Waals surface area contributed by atoms with Crippen molar-refractivity contribution in [1.29, 1.82) is 0 Å². The van der Waals surface area contributed by atoms with E-state index in [4.69, 9.17) is 10.7 Å². The van der Waals surface area contributed by atoms with Crippen molar-refractivity contribution in [3.63, 3.8) is 0 Å². The van der Waals surface area contributed by atoms with Crippen LogP contribution in [-0.2, 0) is 9.05 Å². The lowest BCUT2D eigenvalue weighted by molar-refractivity contribution is 0.579. The number of rotatable bonds is 3. The summed E-state index contributed by atoms with van der Waals surface area (Å²) in [5.74, 6) is 0.0752. The highest BCUT2D eigenvalue weighted by atomic mass is 35.7. The lowest BCUT2D eigenvalue weighted by Crippen LogP contribution is -2.06. The number of hydrogen-bond acceptors (Lipinski definition) is 4. The van der Waals surface area contributed by atoms with E-state index in [0.29, 0.717) is 17.0 Å². The molecule has 0 spiro atoms. The van der Waals surface area contributed by atoms with Crippen LogP contribution in [0.1, 0.15) is 24.4 Å². The number of aromatic nitrogens is 3. The van der Waals surface area contributed by atoms with Gasteiger partial charge in [0.1, 0.15) is 5.82 Å². The molecule has 106 valence electrons. The number of nitrogens with zero attached hydrogens (tertiary/aromatic N) is 3. The van der Waals surface area contributed by atoms with Gasteiger partial charge in [-0.3, -0.25) is 4.57 Å². The fourth-order valence-corrected chi connectivity index (χ4v) is 3.01. The zero-order valence-corrected chi connectivity index (χ0v) is 12.1. The quantitative estimate of drug-likeness (QED) is 0.817. The first kappa shape index (κ1) is 13.5. The van der Waals surface area contributed by atoms with Crippen LogP contribution in [0, 0.1) is 12.7 Å². The number of hydrogen-bond donors (Lipinski definition) is 0. The average molecular weight is 316 g/mol. The minimum absolute atomic E-state index is 0.0360. The summed E-state index contributed by atoms with van der Waals surface area (Å²) in [6, 6.07) is 4.53. The molecule has 0 radical (unpaired) electrons. The summed E-state index contributed by atoms with van der Waals surface area (Å²) in [7, 11) is 1.43. The van der Waals surface area contributed by atoms with Gasteiger partial charge in [0.05, 0.1) is 0 Å². The van der Waals surface area contributed by atoms with Gasteiger partial charge in [-0.15, -0.1) is 10.2 Å². The molecule has 0 bridgehead atoms.